The van der Waals surface area contributed by atoms with Gasteiger partial charge in [0.1, 0.15) is 17.0 Å². The highest BCUT2D eigenvalue weighted by Crippen LogP contribution is 2.28. The number of hydrogen-bond acceptors (Lipinski definition) is 2. The van der Waals surface area contributed by atoms with Crippen molar-refractivity contribution >= 4 is 22.1 Å². The van der Waals surface area contributed by atoms with E-state index in [2.05, 4.69) is 15.0 Å². The summed E-state index contributed by atoms with van der Waals surface area (Å²) >= 11 is 0. The van der Waals surface area contributed by atoms with Crippen molar-refractivity contribution in [3.8, 4) is 11.3 Å². The molecule has 1 N–H and O–H groups in total. The van der Waals surface area contributed by atoms with Gasteiger partial charge < -0.3 is 9.55 Å². The van der Waals surface area contributed by atoms with E-state index < -0.39 is 0 Å². The van der Waals surface area contributed by atoms with Gasteiger partial charge in [0.25, 0.3) is 0 Å². The number of aromatic nitrogens is 4. The third-order valence-electron chi connectivity index (χ3n) is 3.47. The molecule has 0 fully saturated rings. The Kier molecular flexibility index (Phi) is 2.18. The molecule has 4 rings (SSSR count). The molecule has 1 aromatic carbocycles. The summed E-state index contributed by atoms with van der Waals surface area (Å²) in [6.07, 6.45) is 3.50. The molecule has 0 amide bonds. The van der Waals surface area contributed by atoms with E-state index in [0.29, 0.717) is 0 Å². The van der Waals surface area contributed by atoms with Crippen molar-refractivity contribution in [1.82, 2.24) is 19.5 Å². The van der Waals surface area contributed by atoms with Gasteiger partial charge in [-0.15, -0.1) is 0 Å². The van der Waals surface area contributed by atoms with Gasteiger partial charge in [0, 0.05) is 23.7 Å². The van der Waals surface area contributed by atoms with Crippen LogP contribution in [0.3, 0.4) is 0 Å². The van der Waals surface area contributed by atoms with E-state index in [9.17, 15) is 4.39 Å². The van der Waals surface area contributed by atoms with Crippen LogP contribution in [0.15, 0.2) is 42.9 Å². The Hall–Kier alpha value is -2.69. The molecule has 0 bridgehead atoms. The molecular weight excluding hydrogens is 255 g/mol. The number of imidazole rings is 1. The Morgan fingerprint density at radius 1 is 1.20 bits per heavy atom. The number of rotatable bonds is 1. The maximum Gasteiger partial charge on any atom is 0.139 e. The number of hydrogen-bond donors (Lipinski definition) is 1. The van der Waals surface area contributed by atoms with Crippen LogP contribution < -0.4 is 0 Å². The van der Waals surface area contributed by atoms with Gasteiger partial charge in [-0.3, -0.25) is 0 Å². The first-order valence-corrected chi connectivity index (χ1v) is 6.27. The van der Waals surface area contributed by atoms with E-state index in [4.69, 9.17) is 0 Å². The highest BCUT2D eigenvalue weighted by molar-refractivity contribution is 6.03. The molecule has 0 saturated carbocycles. The fourth-order valence-electron chi connectivity index (χ4n) is 2.53. The molecule has 20 heavy (non-hydrogen) atoms. The minimum atomic E-state index is -0.250. The molecule has 3 heterocycles. The summed E-state index contributed by atoms with van der Waals surface area (Å²) in [5.41, 5.74) is 4.30. The van der Waals surface area contributed by atoms with Crippen LogP contribution in [-0.2, 0) is 7.05 Å². The van der Waals surface area contributed by atoms with Crippen molar-refractivity contribution in [1.29, 1.82) is 0 Å². The molecule has 0 radical (unpaired) electrons. The summed E-state index contributed by atoms with van der Waals surface area (Å²) in [7, 11) is 1.95. The molecule has 98 valence electrons. The quantitative estimate of drug-likeness (QED) is 0.575. The minimum Gasteiger partial charge on any atom is -0.339 e. The summed E-state index contributed by atoms with van der Waals surface area (Å²) in [5.74, 6) is -0.250. The highest BCUT2D eigenvalue weighted by atomic mass is 19.1. The van der Waals surface area contributed by atoms with Crippen LogP contribution >= 0.6 is 0 Å². The Morgan fingerprint density at radius 3 is 2.95 bits per heavy atom. The molecule has 4 nitrogen and oxygen atoms in total. The topological polar surface area (TPSA) is 46.5 Å². The Morgan fingerprint density at radius 2 is 2.10 bits per heavy atom. The van der Waals surface area contributed by atoms with Crippen LogP contribution in [0, 0.1) is 5.82 Å². The van der Waals surface area contributed by atoms with Crippen LogP contribution in [-0.4, -0.2) is 19.5 Å². The Balaban J connectivity index is 2.03. The largest absolute Gasteiger partial charge is 0.339 e. The summed E-state index contributed by atoms with van der Waals surface area (Å²) in [6, 6.07) is 8.49. The lowest BCUT2D eigenvalue weighted by Crippen LogP contribution is -1.85. The smallest absolute Gasteiger partial charge is 0.139 e. The molecule has 5 heteroatoms. The monoisotopic (exact) mass is 266 g/mol. The van der Waals surface area contributed by atoms with Crippen molar-refractivity contribution in [2.45, 2.75) is 0 Å². The summed E-state index contributed by atoms with van der Waals surface area (Å²) in [5, 5.41) is 0.988. The van der Waals surface area contributed by atoms with Crippen molar-refractivity contribution in [2.75, 3.05) is 0 Å². The molecule has 0 aliphatic heterocycles. The van der Waals surface area contributed by atoms with Gasteiger partial charge >= 0.3 is 0 Å². The number of H-pyrrole nitrogens is 1. The third kappa shape index (κ3) is 1.53. The second-order valence-corrected chi connectivity index (χ2v) is 4.80. The van der Waals surface area contributed by atoms with Gasteiger partial charge in [-0.1, -0.05) is 12.1 Å². The summed E-state index contributed by atoms with van der Waals surface area (Å²) in [4.78, 5) is 11.9. The zero-order valence-electron chi connectivity index (χ0n) is 10.8. The van der Waals surface area contributed by atoms with Crippen LogP contribution in [0.1, 0.15) is 0 Å². The van der Waals surface area contributed by atoms with Gasteiger partial charge in [0.2, 0.25) is 0 Å². The maximum absolute atomic E-state index is 13.3. The summed E-state index contributed by atoms with van der Waals surface area (Å²) in [6.45, 7) is 0. The molecule has 3 aromatic heterocycles. The van der Waals surface area contributed by atoms with Crippen molar-refractivity contribution in [3.63, 3.8) is 0 Å². The average molecular weight is 266 g/mol. The van der Waals surface area contributed by atoms with Gasteiger partial charge in [-0.25, -0.2) is 14.4 Å². The van der Waals surface area contributed by atoms with E-state index in [1.54, 1.807) is 18.6 Å². The van der Waals surface area contributed by atoms with Gasteiger partial charge in [0.15, 0.2) is 0 Å². The maximum atomic E-state index is 13.3. The summed E-state index contributed by atoms with van der Waals surface area (Å²) < 4.78 is 15.3. The molecule has 0 saturated heterocycles. The van der Waals surface area contributed by atoms with Crippen molar-refractivity contribution in [3.05, 3.63) is 48.7 Å². The first kappa shape index (κ1) is 11.2. The number of nitrogens with zero attached hydrogens (tertiary/aromatic N) is 3. The lowest BCUT2D eigenvalue weighted by molar-refractivity contribution is 0.628. The van der Waals surface area contributed by atoms with E-state index in [1.165, 1.54) is 12.1 Å². The Labute approximate surface area is 113 Å². The van der Waals surface area contributed by atoms with Gasteiger partial charge in [-0.05, 0) is 18.2 Å². The SMILES string of the molecule is Cn1cnc2cnc3[nH]c(-c4cccc(F)c4)cc3c21. The predicted molar refractivity (Wildman–Crippen MR) is 75.8 cm³/mol. The zero-order chi connectivity index (χ0) is 13.7. The van der Waals surface area contributed by atoms with E-state index in [-0.39, 0.29) is 5.82 Å². The second-order valence-electron chi connectivity index (χ2n) is 4.80. The number of benzene rings is 1. The first-order valence-electron chi connectivity index (χ1n) is 6.27. The number of aromatic amines is 1. The lowest BCUT2D eigenvalue weighted by Gasteiger charge is -1.96. The van der Waals surface area contributed by atoms with E-state index in [1.807, 2.05) is 23.7 Å². The molecule has 4 aromatic rings. The molecular formula is C15H11FN4. The highest BCUT2D eigenvalue weighted by Gasteiger charge is 2.11. The fraction of sp³-hybridized carbons (Fsp3) is 0.0667. The molecule has 0 aliphatic carbocycles. The van der Waals surface area contributed by atoms with Crippen molar-refractivity contribution in [2.24, 2.45) is 7.05 Å². The number of aryl methyl sites for hydroxylation is 1. The van der Waals surface area contributed by atoms with E-state index >= 15 is 0 Å². The van der Waals surface area contributed by atoms with Gasteiger partial charge in [-0.2, -0.15) is 0 Å². The molecule has 0 atom stereocenters. The van der Waals surface area contributed by atoms with Gasteiger partial charge in [0.05, 0.1) is 18.0 Å². The first-order chi connectivity index (χ1) is 9.72. The molecule has 0 spiro atoms. The average Bonchev–Trinajstić information content (AvgIpc) is 3.02. The van der Waals surface area contributed by atoms with Crippen LogP contribution in [0.25, 0.3) is 33.3 Å². The zero-order valence-corrected chi connectivity index (χ0v) is 10.8. The second kappa shape index (κ2) is 3.90. The molecule has 0 aliphatic rings. The number of nitrogens with one attached hydrogen (secondary N) is 1. The number of halogens is 1. The minimum absolute atomic E-state index is 0.250. The van der Waals surface area contributed by atoms with Crippen molar-refractivity contribution < 1.29 is 4.39 Å². The fourth-order valence-corrected chi connectivity index (χ4v) is 2.53. The van der Waals surface area contributed by atoms with Crippen LogP contribution in [0.4, 0.5) is 4.39 Å². The number of fused-ring (bicyclic) bond motifs is 3. The van der Waals surface area contributed by atoms with Crippen LogP contribution in [0.2, 0.25) is 0 Å². The normalized spacial score (nSPS) is 11.5. The van der Waals surface area contributed by atoms with E-state index in [0.717, 1.165) is 33.3 Å². The lowest BCUT2D eigenvalue weighted by atomic mass is 10.1. The van der Waals surface area contributed by atoms with Crippen LogP contribution in [0.5, 0.6) is 0 Å². The predicted octanol–water partition coefficient (Wildman–Crippen LogP) is 3.26. The molecule has 0 unspecified atom stereocenters. The standard InChI is InChI=1S/C15H11FN4/c1-20-8-18-13-7-17-15-11(14(13)20)6-12(19-15)9-3-2-4-10(16)5-9/h2-8H,1H3,(H,17,19). The third-order valence-corrected chi connectivity index (χ3v) is 3.47. The number of pyridine rings is 1. The Bertz CT molecular complexity index is 936.